The molecule has 0 saturated carbocycles. The van der Waals surface area contributed by atoms with Crippen LogP contribution in [-0.2, 0) is 23.9 Å². The molecule has 1 N–H and O–H groups in total. The van der Waals surface area contributed by atoms with Crippen LogP contribution in [-0.4, -0.2) is 40.1 Å². The molecule has 186 valence electrons. The zero-order chi connectivity index (χ0) is 24.7. The van der Waals surface area contributed by atoms with Crippen molar-refractivity contribution >= 4 is 16.9 Å². The van der Waals surface area contributed by atoms with Crippen LogP contribution in [0.25, 0.3) is 11.0 Å². The predicted molar refractivity (Wildman–Crippen MR) is 127 cm³/mol. The maximum absolute atomic E-state index is 13.6. The third kappa shape index (κ3) is 4.26. The van der Waals surface area contributed by atoms with Gasteiger partial charge in [-0.1, -0.05) is 24.3 Å². The highest BCUT2D eigenvalue weighted by atomic mass is 19.4. The molecule has 0 radical (unpaired) electrons. The normalized spacial score (nSPS) is 19.6. The van der Waals surface area contributed by atoms with Crippen molar-refractivity contribution in [2.75, 3.05) is 20.1 Å². The zero-order valence-electron chi connectivity index (χ0n) is 19.6. The van der Waals surface area contributed by atoms with Crippen LogP contribution in [0.1, 0.15) is 54.5 Å². The van der Waals surface area contributed by atoms with Crippen LogP contribution in [0.15, 0.2) is 47.3 Å². The summed E-state index contributed by atoms with van der Waals surface area (Å²) in [4.78, 5) is 27.6. The first-order chi connectivity index (χ1) is 16.8. The van der Waals surface area contributed by atoms with Crippen LogP contribution in [0.3, 0.4) is 0 Å². The Morgan fingerprint density at radius 3 is 2.43 bits per heavy atom. The Morgan fingerprint density at radius 2 is 1.74 bits per heavy atom. The molecule has 9 heteroatoms. The zero-order valence-corrected chi connectivity index (χ0v) is 19.6. The van der Waals surface area contributed by atoms with Crippen molar-refractivity contribution in [2.45, 2.75) is 56.9 Å². The summed E-state index contributed by atoms with van der Waals surface area (Å²) >= 11 is 0. The molecule has 35 heavy (non-hydrogen) atoms. The average molecular weight is 487 g/mol. The van der Waals surface area contributed by atoms with E-state index in [9.17, 15) is 22.8 Å². The number of benzene rings is 2. The summed E-state index contributed by atoms with van der Waals surface area (Å²) in [6.45, 7) is 1.36. The molecule has 6 nitrogen and oxygen atoms in total. The number of likely N-dealkylation sites (tertiary alicyclic amines) is 1. The van der Waals surface area contributed by atoms with Crippen LogP contribution in [0.2, 0.25) is 0 Å². The van der Waals surface area contributed by atoms with E-state index in [-0.39, 0.29) is 30.2 Å². The fourth-order valence-electron chi connectivity index (χ4n) is 5.88. The Kier molecular flexibility index (Phi) is 6.21. The van der Waals surface area contributed by atoms with E-state index in [1.165, 1.54) is 16.7 Å². The minimum atomic E-state index is -4.34. The summed E-state index contributed by atoms with van der Waals surface area (Å²) in [6.07, 6.45) is -0.874. The number of rotatable bonds is 4. The summed E-state index contributed by atoms with van der Waals surface area (Å²) in [5.74, 6) is -0.237. The van der Waals surface area contributed by atoms with Gasteiger partial charge in [-0.15, -0.1) is 0 Å². The number of aromatic nitrogens is 2. The van der Waals surface area contributed by atoms with E-state index in [2.05, 4.69) is 10.2 Å². The maximum atomic E-state index is 13.6. The summed E-state index contributed by atoms with van der Waals surface area (Å²) in [5, 5.41) is 2.57. The van der Waals surface area contributed by atoms with Gasteiger partial charge in [-0.05, 0) is 61.4 Å². The number of hydrogen-bond acceptors (Lipinski definition) is 3. The lowest BCUT2D eigenvalue weighted by atomic mass is 9.83. The van der Waals surface area contributed by atoms with Gasteiger partial charge < -0.3 is 5.32 Å². The number of carbonyl (C=O) groups is 1. The van der Waals surface area contributed by atoms with Crippen molar-refractivity contribution in [3.05, 3.63) is 69.6 Å². The molecule has 2 aromatic carbocycles. The van der Waals surface area contributed by atoms with E-state index in [1.54, 1.807) is 11.6 Å². The Bertz CT molecular complexity index is 1300. The SMILES string of the molecule is CNC(=O)Cn1c(=O)n(C2CCN(C3CCCc4c3cccc4C(F)(F)F)CC2)c2ccccc21. The predicted octanol–water partition coefficient (Wildman–Crippen LogP) is 4.28. The number of para-hydroxylation sites is 2. The van der Waals surface area contributed by atoms with Crippen LogP contribution < -0.4 is 11.0 Å². The monoisotopic (exact) mass is 486 g/mol. The molecule has 1 aliphatic carbocycles. The molecule has 2 aliphatic rings. The van der Waals surface area contributed by atoms with Gasteiger partial charge in [-0.25, -0.2) is 4.79 Å². The van der Waals surface area contributed by atoms with E-state index >= 15 is 0 Å². The number of halogens is 3. The van der Waals surface area contributed by atoms with E-state index in [1.807, 2.05) is 30.3 Å². The number of piperidine rings is 1. The number of likely N-dealkylation sites (N-methyl/N-ethyl adjacent to an activating group) is 1. The molecular formula is C26H29F3N4O2. The molecule has 0 spiro atoms. The lowest BCUT2D eigenvalue weighted by molar-refractivity contribution is -0.138. The lowest BCUT2D eigenvalue weighted by Crippen LogP contribution is -2.41. The molecule has 5 rings (SSSR count). The molecule has 1 atom stereocenters. The number of nitrogens with zero attached hydrogens (tertiary/aromatic N) is 3. The highest BCUT2D eigenvalue weighted by Gasteiger charge is 2.38. The third-order valence-electron chi connectivity index (χ3n) is 7.54. The highest BCUT2D eigenvalue weighted by Crippen LogP contribution is 2.42. The molecule has 1 saturated heterocycles. The number of carbonyl (C=O) groups excluding carboxylic acids is 1. The van der Waals surface area contributed by atoms with E-state index in [4.69, 9.17) is 0 Å². The quantitative estimate of drug-likeness (QED) is 0.599. The Labute approximate surface area is 201 Å². The second-order valence-electron chi connectivity index (χ2n) is 9.45. The smallest absolute Gasteiger partial charge is 0.358 e. The first-order valence-electron chi connectivity index (χ1n) is 12.1. The van der Waals surface area contributed by atoms with Gasteiger partial charge in [0.2, 0.25) is 5.91 Å². The van der Waals surface area contributed by atoms with E-state index < -0.39 is 11.7 Å². The van der Waals surface area contributed by atoms with Gasteiger partial charge in [0.25, 0.3) is 0 Å². The van der Waals surface area contributed by atoms with Crippen LogP contribution in [0, 0.1) is 0 Å². The standard InChI is InChI=1S/C26H29F3N4O2/c1-30-24(34)16-32-22-9-2-3-10-23(22)33(25(32)35)17-12-14-31(15-13-17)21-11-5-6-18-19(21)7-4-8-20(18)26(27,28)29/h2-4,7-10,17,21H,5-6,11-16H2,1H3,(H,30,34). The molecule has 1 aromatic heterocycles. The van der Waals surface area contributed by atoms with Crippen molar-refractivity contribution in [2.24, 2.45) is 0 Å². The van der Waals surface area contributed by atoms with E-state index in [0.29, 0.717) is 25.1 Å². The maximum Gasteiger partial charge on any atom is 0.416 e. The van der Waals surface area contributed by atoms with Crippen LogP contribution in [0.5, 0.6) is 0 Å². The number of imidazole rings is 1. The summed E-state index contributed by atoms with van der Waals surface area (Å²) in [5.41, 5.74) is 2.05. The van der Waals surface area contributed by atoms with Gasteiger partial charge in [0.05, 0.1) is 16.6 Å². The molecule has 1 aliphatic heterocycles. The average Bonchev–Trinajstić information content (AvgIpc) is 3.13. The Morgan fingerprint density at radius 1 is 1.03 bits per heavy atom. The van der Waals surface area contributed by atoms with Crippen molar-refractivity contribution in [1.82, 2.24) is 19.4 Å². The number of hydrogen-bond donors (Lipinski definition) is 1. The molecule has 1 fully saturated rings. The number of alkyl halides is 3. The lowest BCUT2D eigenvalue weighted by Gasteiger charge is -2.41. The highest BCUT2D eigenvalue weighted by molar-refractivity contribution is 5.80. The molecule has 1 amide bonds. The molecular weight excluding hydrogens is 457 g/mol. The molecule has 2 heterocycles. The van der Waals surface area contributed by atoms with Gasteiger partial charge in [0.15, 0.2) is 0 Å². The summed E-state index contributed by atoms with van der Waals surface area (Å²) in [7, 11) is 1.54. The fraction of sp³-hybridized carbons (Fsp3) is 0.462. The number of nitrogens with one attached hydrogen (secondary N) is 1. The Hall–Kier alpha value is -3.07. The first kappa shape index (κ1) is 23.7. The minimum absolute atomic E-state index is 0.0286. The second-order valence-corrected chi connectivity index (χ2v) is 9.45. The second kappa shape index (κ2) is 9.18. The minimum Gasteiger partial charge on any atom is -0.358 e. The Balaban J connectivity index is 1.40. The topological polar surface area (TPSA) is 59.3 Å². The molecule has 0 bridgehead atoms. The molecule has 3 aromatic rings. The number of amides is 1. The van der Waals surface area contributed by atoms with Gasteiger partial charge >= 0.3 is 11.9 Å². The van der Waals surface area contributed by atoms with Crippen LogP contribution in [0.4, 0.5) is 13.2 Å². The van der Waals surface area contributed by atoms with Gasteiger partial charge in [0, 0.05) is 32.2 Å². The van der Waals surface area contributed by atoms with Crippen LogP contribution >= 0.6 is 0 Å². The summed E-state index contributed by atoms with van der Waals surface area (Å²) in [6, 6.07) is 12.0. The van der Waals surface area contributed by atoms with Crippen molar-refractivity contribution in [3.8, 4) is 0 Å². The van der Waals surface area contributed by atoms with E-state index in [0.717, 1.165) is 42.3 Å². The van der Waals surface area contributed by atoms with Gasteiger partial charge in [-0.3, -0.25) is 18.8 Å². The largest absolute Gasteiger partial charge is 0.416 e. The van der Waals surface area contributed by atoms with Crippen molar-refractivity contribution in [3.63, 3.8) is 0 Å². The molecule has 1 unspecified atom stereocenters. The van der Waals surface area contributed by atoms with Crippen molar-refractivity contribution in [1.29, 1.82) is 0 Å². The van der Waals surface area contributed by atoms with Gasteiger partial charge in [-0.2, -0.15) is 13.2 Å². The van der Waals surface area contributed by atoms with Crippen molar-refractivity contribution < 1.29 is 18.0 Å². The third-order valence-corrected chi connectivity index (χ3v) is 7.54. The summed E-state index contributed by atoms with van der Waals surface area (Å²) < 4.78 is 44.0. The first-order valence-corrected chi connectivity index (χ1v) is 12.1. The van der Waals surface area contributed by atoms with Gasteiger partial charge in [0.1, 0.15) is 6.54 Å². The fourth-order valence-corrected chi connectivity index (χ4v) is 5.88. The number of fused-ring (bicyclic) bond motifs is 2.